The van der Waals surface area contributed by atoms with Gasteiger partial charge in [-0.15, -0.1) is 0 Å². The van der Waals surface area contributed by atoms with E-state index < -0.39 is 6.17 Å². The molecule has 2 heterocycles. The Labute approximate surface area is 183 Å². The van der Waals surface area contributed by atoms with Crippen molar-refractivity contribution in [3.05, 3.63) is 46.6 Å². The zero-order valence-corrected chi connectivity index (χ0v) is 19.5. The third kappa shape index (κ3) is 5.48. The Bertz CT molecular complexity index is 875. The smallest absolute Gasteiger partial charge is 0.138 e. The molecule has 1 N–H and O–H groups in total. The highest BCUT2D eigenvalue weighted by molar-refractivity contribution is 8.23. The molecule has 29 heavy (non-hydrogen) atoms. The molecule has 0 saturated carbocycles. The summed E-state index contributed by atoms with van der Waals surface area (Å²) in [5.41, 5.74) is 6.15. The molecule has 1 atom stereocenters. The molecule has 0 aliphatic carbocycles. The summed E-state index contributed by atoms with van der Waals surface area (Å²) in [5, 5.41) is 3.36. The van der Waals surface area contributed by atoms with Crippen LogP contribution < -0.4 is 10.2 Å². The largest absolute Gasteiger partial charge is 0.339 e. The predicted octanol–water partition coefficient (Wildman–Crippen LogP) is 6.52. The molecule has 0 amide bonds. The molecule has 1 aromatic carbocycles. The van der Waals surface area contributed by atoms with Crippen LogP contribution >= 0.6 is 24.0 Å². The van der Waals surface area contributed by atoms with Gasteiger partial charge in [-0.05, 0) is 56.4 Å². The summed E-state index contributed by atoms with van der Waals surface area (Å²) in [7, 11) is 0. The number of nitrogens with zero attached hydrogens (tertiary/aromatic N) is 2. The fraction of sp³-hybridized carbons (Fsp3) is 0.478. The van der Waals surface area contributed by atoms with Crippen molar-refractivity contribution in [2.24, 2.45) is 5.92 Å². The highest BCUT2D eigenvalue weighted by Gasteiger charge is 2.26. The number of hydrogen-bond acceptors (Lipinski definition) is 4. The standard InChI is InChI=1S/C23H30FN3S2/c1-14(2)8-9-29-23(28)26-22-16(4)11-21(25-17(22)5)27-13-19(24)12-18-10-15(3)6-7-20(18)27/h6-7,10-11,14,19H,8-9,12-13H2,1-5H3,(H,26,28). The maximum absolute atomic E-state index is 14.5. The van der Waals surface area contributed by atoms with Crippen LogP contribution in [-0.4, -0.2) is 27.8 Å². The van der Waals surface area contributed by atoms with E-state index in [9.17, 15) is 4.39 Å². The molecule has 3 rings (SSSR count). The van der Waals surface area contributed by atoms with E-state index in [-0.39, 0.29) is 0 Å². The third-order valence-corrected chi connectivity index (χ3v) is 6.42. The number of benzene rings is 1. The fourth-order valence-electron chi connectivity index (χ4n) is 3.62. The Morgan fingerprint density at radius 3 is 2.76 bits per heavy atom. The van der Waals surface area contributed by atoms with Gasteiger partial charge in [0.25, 0.3) is 0 Å². The topological polar surface area (TPSA) is 28.2 Å². The second kappa shape index (κ2) is 9.43. The minimum Gasteiger partial charge on any atom is -0.339 e. The summed E-state index contributed by atoms with van der Waals surface area (Å²) in [4.78, 5) is 6.81. The summed E-state index contributed by atoms with van der Waals surface area (Å²) in [6.45, 7) is 10.8. The Morgan fingerprint density at radius 1 is 1.31 bits per heavy atom. The zero-order chi connectivity index (χ0) is 21.1. The molecule has 0 fully saturated rings. The highest BCUT2D eigenvalue weighted by atomic mass is 32.2. The van der Waals surface area contributed by atoms with E-state index in [1.165, 1.54) is 0 Å². The van der Waals surface area contributed by atoms with Gasteiger partial charge in [0.05, 0.1) is 17.9 Å². The van der Waals surface area contributed by atoms with Gasteiger partial charge >= 0.3 is 0 Å². The molecule has 156 valence electrons. The summed E-state index contributed by atoms with van der Waals surface area (Å²) < 4.78 is 15.2. The molecule has 1 unspecified atom stereocenters. The van der Waals surface area contributed by atoms with Gasteiger partial charge in [0.15, 0.2) is 0 Å². The van der Waals surface area contributed by atoms with E-state index >= 15 is 0 Å². The number of aryl methyl sites for hydroxylation is 3. The first-order valence-electron chi connectivity index (χ1n) is 10.2. The van der Waals surface area contributed by atoms with Crippen molar-refractivity contribution < 1.29 is 4.39 Å². The number of fused-ring (bicyclic) bond motifs is 1. The zero-order valence-electron chi connectivity index (χ0n) is 17.9. The molecule has 3 nitrogen and oxygen atoms in total. The molecule has 0 spiro atoms. The van der Waals surface area contributed by atoms with Gasteiger partial charge in [0, 0.05) is 17.9 Å². The molecule has 6 heteroatoms. The van der Waals surface area contributed by atoms with Gasteiger partial charge in [-0.3, -0.25) is 0 Å². The molecule has 1 aliphatic rings. The van der Waals surface area contributed by atoms with Crippen LogP contribution in [0.3, 0.4) is 0 Å². The first-order chi connectivity index (χ1) is 13.7. The number of halogens is 1. The van der Waals surface area contributed by atoms with E-state index in [2.05, 4.69) is 44.3 Å². The van der Waals surface area contributed by atoms with Crippen molar-refractivity contribution in [2.45, 2.75) is 53.6 Å². The number of nitrogens with one attached hydrogen (secondary N) is 1. The number of thioether (sulfide) groups is 1. The average molecular weight is 432 g/mol. The van der Waals surface area contributed by atoms with E-state index in [4.69, 9.17) is 17.2 Å². The lowest BCUT2D eigenvalue weighted by Gasteiger charge is -2.33. The van der Waals surface area contributed by atoms with Crippen molar-refractivity contribution >= 4 is 45.5 Å². The number of hydrogen-bond donors (Lipinski definition) is 1. The first-order valence-corrected chi connectivity index (χ1v) is 11.6. The number of aromatic nitrogens is 1. The van der Waals surface area contributed by atoms with Crippen molar-refractivity contribution in [2.75, 3.05) is 22.5 Å². The van der Waals surface area contributed by atoms with E-state index in [1.807, 2.05) is 24.8 Å². The van der Waals surface area contributed by atoms with Crippen LogP contribution in [0.15, 0.2) is 24.3 Å². The van der Waals surface area contributed by atoms with Crippen molar-refractivity contribution in [3.8, 4) is 0 Å². The second-order valence-electron chi connectivity index (χ2n) is 8.25. The summed E-state index contributed by atoms with van der Waals surface area (Å²) >= 11 is 7.18. The van der Waals surface area contributed by atoms with E-state index in [0.717, 1.165) is 56.1 Å². The molecule has 0 radical (unpaired) electrons. The van der Waals surface area contributed by atoms with Gasteiger partial charge in [-0.1, -0.05) is 55.5 Å². The van der Waals surface area contributed by atoms with Gasteiger partial charge in [-0.25, -0.2) is 9.37 Å². The van der Waals surface area contributed by atoms with Crippen LogP contribution in [-0.2, 0) is 6.42 Å². The maximum atomic E-state index is 14.5. The molecule has 2 aromatic rings. The van der Waals surface area contributed by atoms with Crippen LogP contribution in [0.25, 0.3) is 0 Å². The number of alkyl halides is 1. The summed E-state index contributed by atoms with van der Waals surface area (Å²) in [6.07, 6.45) is 0.710. The summed E-state index contributed by atoms with van der Waals surface area (Å²) in [5.74, 6) is 2.47. The second-order valence-corrected chi connectivity index (χ2v) is 10.0. The van der Waals surface area contributed by atoms with Crippen LogP contribution in [0.5, 0.6) is 0 Å². The monoisotopic (exact) mass is 431 g/mol. The molecule has 1 aliphatic heterocycles. The first kappa shape index (κ1) is 22.0. The van der Waals surface area contributed by atoms with Gasteiger partial charge in [0.1, 0.15) is 16.3 Å². The number of pyridine rings is 1. The van der Waals surface area contributed by atoms with Gasteiger partial charge in [-0.2, -0.15) is 0 Å². The number of anilines is 3. The third-order valence-electron chi connectivity index (χ3n) is 5.16. The van der Waals surface area contributed by atoms with Crippen LogP contribution in [0.2, 0.25) is 0 Å². The SMILES string of the molecule is Cc1ccc2c(c1)CC(F)CN2c1cc(C)c(NC(=S)SCCC(C)C)c(C)n1. The van der Waals surface area contributed by atoms with E-state index in [1.54, 1.807) is 11.8 Å². The van der Waals surface area contributed by atoms with Gasteiger partial charge < -0.3 is 10.2 Å². The van der Waals surface area contributed by atoms with Crippen LogP contribution in [0, 0.1) is 26.7 Å². The number of thiocarbonyl (C=S) groups is 1. The van der Waals surface area contributed by atoms with Gasteiger partial charge in [0.2, 0.25) is 0 Å². The minimum atomic E-state index is -0.894. The molecule has 0 bridgehead atoms. The maximum Gasteiger partial charge on any atom is 0.138 e. The van der Waals surface area contributed by atoms with Crippen LogP contribution in [0.1, 0.15) is 42.7 Å². The normalized spacial score (nSPS) is 16.1. The minimum absolute atomic E-state index is 0.332. The lowest BCUT2D eigenvalue weighted by molar-refractivity contribution is 0.330. The Morgan fingerprint density at radius 2 is 2.07 bits per heavy atom. The van der Waals surface area contributed by atoms with Crippen molar-refractivity contribution in [1.82, 2.24) is 4.98 Å². The van der Waals surface area contributed by atoms with E-state index in [0.29, 0.717) is 18.9 Å². The lowest BCUT2D eigenvalue weighted by Crippen LogP contribution is -2.33. The van der Waals surface area contributed by atoms with Crippen molar-refractivity contribution in [1.29, 1.82) is 0 Å². The quantitative estimate of drug-likeness (QED) is 0.545. The Balaban J connectivity index is 1.82. The molecular weight excluding hydrogens is 401 g/mol. The van der Waals surface area contributed by atoms with Crippen LogP contribution in [0.4, 0.5) is 21.6 Å². The molecule has 1 aromatic heterocycles. The molecule has 0 saturated heterocycles. The summed E-state index contributed by atoms with van der Waals surface area (Å²) in [6, 6.07) is 8.26. The van der Waals surface area contributed by atoms with Crippen molar-refractivity contribution in [3.63, 3.8) is 0 Å². The fourth-order valence-corrected chi connectivity index (χ4v) is 4.92. The lowest BCUT2D eigenvalue weighted by atomic mass is 9.98. The Kier molecular flexibility index (Phi) is 7.17. The molecular formula is C23H30FN3S2. The Hall–Kier alpha value is -1.66. The average Bonchev–Trinajstić information content (AvgIpc) is 2.63. The number of rotatable bonds is 5. The predicted molar refractivity (Wildman–Crippen MR) is 129 cm³/mol. The highest BCUT2D eigenvalue weighted by Crippen LogP contribution is 2.36.